The van der Waals surface area contributed by atoms with Gasteiger partial charge < -0.3 is 5.73 Å². The molecule has 3 aromatic rings. The molecule has 0 bridgehead atoms. The first kappa shape index (κ1) is 12.3. The molecule has 0 aliphatic rings. The van der Waals surface area contributed by atoms with Crippen molar-refractivity contribution in [2.45, 2.75) is 0 Å². The van der Waals surface area contributed by atoms with Crippen molar-refractivity contribution in [3.63, 3.8) is 0 Å². The zero-order chi connectivity index (χ0) is 13.9. The van der Waals surface area contributed by atoms with Crippen LogP contribution >= 0.6 is 0 Å². The first-order valence-electron chi connectivity index (χ1n) is 6.15. The van der Waals surface area contributed by atoms with E-state index in [2.05, 4.69) is 9.97 Å². The molecule has 0 saturated carbocycles. The Morgan fingerprint density at radius 3 is 1.75 bits per heavy atom. The minimum atomic E-state index is -0.336. The maximum Gasteiger partial charge on any atom is 0.124 e. The van der Waals surface area contributed by atoms with Gasteiger partial charge in [0.2, 0.25) is 0 Å². The summed E-state index contributed by atoms with van der Waals surface area (Å²) in [5.74, 6) is -0.336. The molecule has 2 heterocycles. The third kappa shape index (κ3) is 2.23. The van der Waals surface area contributed by atoms with Crippen LogP contribution in [0.15, 0.2) is 61.2 Å². The van der Waals surface area contributed by atoms with E-state index < -0.39 is 0 Å². The number of halogens is 1. The van der Waals surface area contributed by atoms with E-state index >= 15 is 0 Å². The van der Waals surface area contributed by atoms with Crippen LogP contribution in [0, 0.1) is 5.82 Å². The normalized spacial score (nSPS) is 10.4. The number of hydrogen-bond acceptors (Lipinski definition) is 3. The molecule has 0 spiro atoms. The molecule has 0 fully saturated rings. The van der Waals surface area contributed by atoms with Crippen molar-refractivity contribution in [1.82, 2.24) is 9.97 Å². The third-order valence-electron chi connectivity index (χ3n) is 3.09. The molecule has 0 amide bonds. The summed E-state index contributed by atoms with van der Waals surface area (Å²) in [7, 11) is 0. The van der Waals surface area contributed by atoms with Gasteiger partial charge in [0.25, 0.3) is 0 Å². The van der Waals surface area contributed by atoms with Gasteiger partial charge in [-0.1, -0.05) is 12.1 Å². The Hall–Kier alpha value is -2.75. The average Bonchev–Trinajstić information content (AvgIpc) is 2.51. The zero-order valence-corrected chi connectivity index (χ0v) is 10.6. The van der Waals surface area contributed by atoms with Crippen molar-refractivity contribution in [2.75, 3.05) is 5.73 Å². The molecule has 0 radical (unpaired) electrons. The second kappa shape index (κ2) is 5.09. The van der Waals surface area contributed by atoms with E-state index in [0.717, 1.165) is 11.1 Å². The van der Waals surface area contributed by atoms with E-state index in [1.807, 2.05) is 12.1 Å². The molecule has 0 aliphatic heterocycles. The number of anilines is 1. The van der Waals surface area contributed by atoms with Gasteiger partial charge in [0.05, 0.1) is 0 Å². The number of nitrogens with two attached hydrogens (primary N) is 1. The van der Waals surface area contributed by atoms with Gasteiger partial charge in [-0.3, -0.25) is 9.97 Å². The topological polar surface area (TPSA) is 51.8 Å². The lowest BCUT2D eigenvalue weighted by atomic mass is 9.98. The lowest BCUT2D eigenvalue weighted by Crippen LogP contribution is -1.96. The molecular formula is C16H12FN3. The molecule has 98 valence electrons. The largest absolute Gasteiger partial charge is 0.398 e. The predicted molar refractivity (Wildman–Crippen MR) is 77.3 cm³/mol. The summed E-state index contributed by atoms with van der Waals surface area (Å²) < 4.78 is 13.9. The summed E-state index contributed by atoms with van der Waals surface area (Å²) in [6, 6.07) is 10.1. The van der Waals surface area contributed by atoms with E-state index in [9.17, 15) is 4.39 Å². The molecule has 1 aromatic carbocycles. The number of rotatable bonds is 2. The van der Waals surface area contributed by atoms with Gasteiger partial charge in [-0.05, 0) is 24.3 Å². The van der Waals surface area contributed by atoms with Crippen molar-refractivity contribution >= 4 is 5.69 Å². The van der Waals surface area contributed by atoms with Crippen LogP contribution in [0.5, 0.6) is 0 Å². The Morgan fingerprint density at radius 1 is 0.850 bits per heavy atom. The first-order chi connectivity index (χ1) is 9.75. The minimum Gasteiger partial charge on any atom is -0.398 e. The van der Waals surface area contributed by atoms with Gasteiger partial charge in [-0.25, -0.2) is 4.39 Å². The molecule has 2 aromatic heterocycles. The van der Waals surface area contributed by atoms with Gasteiger partial charge in [0.15, 0.2) is 0 Å². The van der Waals surface area contributed by atoms with Crippen LogP contribution in [-0.2, 0) is 0 Å². The standard InChI is InChI=1S/C16H12FN3/c17-13-7-14(11-3-1-5-19-9-11)16(18)15(8-13)12-4-2-6-20-10-12/h1-10H,18H2. The summed E-state index contributed by atoms with van der Waals surface area (Å²) in [4.78, 5) is 8.09. The quantitative estimate of drug-likeness (QED) is 0.721. The highest BCUT2D eigenvalue weighted by Gasteiger charge is 2.12. The minimum absolute atomic E-state index is 0.336. The van der Waals surface area contributed by atoms with Crippen LogP contribution in [0.1, 0.15) is 0 Å². The van der Waals surface area contributed by atoms with Gasteiger partial charge in [0, 0.05) is 52.7 Å². The van der Waals surface area contributed by atoms with Crippen LogP contribution in [-0.4, -0.2) is 9.97 Å². The summed E-state index contributed by atoms with van der Waals surface area (Å²) in [6.45, 7) is 0. The Balaban J connectivity index is 2.22. The Morgan fingerprint density at radius 2 is 1.35 bits per heavy atom. The number of aromatic nitrogens is 2. The molecule has 20 heavy (non-hydrogen) atoms. The van der Waals surface area contributed by atoms with Crippen molar-refractivity contribution in [2.24, 2.45) is 0 Å². The molecule has 0 saturated heterocycles. The van der Waals surface area contributed by atoms with E-state index in [4.69, 9.17) is 5.73 Å². The Labute approximate surface area is 115 Å². The number of nitrogen functional groups attached to an aromatic ring is 1. The second-order valence-corrected chi connectivity index (χ2v) is 4.40. The number of benzene rings is 1. The van der Waals surface area contributed by atoms with Gasteiger partial charge in [0.1, 0.15) is 5.82 Å². The van der Waals surface area contributed by atoms with E-state index in [1.54, 1.807) is 36.9 Å². The molecule has 4 heteroatoms. The van der Waals surface area contributed by atoms with Crippen LogP contribution in [0.4, 0.5) is 10.1 Å². The fraction of sp³-hybridized carbons (Fsp3) is 0. The summed E-state index contributed by atoms with van der Waals surface area (Å²) in [5.41, 5.74) is 9.56. The molecule has 0 atom stereocenters. The highest BCUT2D eigenvalue weighted by molar-refractivity contribution is 5.88. The maximum atomic E-state index is 13.9. The van der Waals surface area contributed by atoms with Crippen molar-refractivity contribution in [1.29, 1.82) is 0 Å². The molecule has 0 unspecified atom stereocenters. The third-order valence-corrected chi connectivity index (χ3v) is 3.09. The van der Waals surface area contributed by atoms with E-state index in [0.29, 0.717) is 16.8 Å². The number of hydrogen-bond donors (Lipinski definition) is 1. The predicted octanol–water partition coefficient (Wildman–Crippen LogP) is 3.53. The smallest absolute Gasteiger partial charge is 0.124 e. The van der Waals surface area contributed by atoms with E-state index in [-0.39, 0.29) is 5.82 Å². The lowest BCUT2D eigenvalue weighted by molar-refractivity contribution is 0.629. The second-order valence-electron chi connectivity index (χ2n) is 4.40. The Bertz CT molecular complexity index is 667. The zero-order valence-electron chi connectivity index (χ0n) is 10.6. The van der Waals surface area contributed by atoms with Crippen molar-refractivity contribution < 1.29 is 4.39 Å². The fourth-order valence-electron chi connectivity index (χ4n) is 2.14. The van der Waals surface area contributed by atoms with E-state index in [1.165, 1.54) is 12.1 Å². The molecular weight excluding hydrogens is 253 g/mol. The first-order valence-corrected chi connectivity index (χ1v) is 6.15. The van der Waals surface area contributed by atoms with Crippen LogP contribution in [0.3, 0.4) is 0 Å². The Kier molecular flexibility index (Phi) is 3.13. The molecule has 3 rings (SSSR count). The van der Waals surface area contributed by atoms with Crippen LogP contribution in [0.25, 0.3) is 22.3 Å². The van der Waals surface area contributed by atoms with Gasteiger partial charge in [-0.15, -0.1) is 0 Å². The van der Waals surface area contributed by atoms with Gasteiger partial charge >= 0.3 is 0 Å². The average molecular weight is 265 g/mol. The van der Waals surface area contributed by atoms with Crippen LogP contribution in [0.2, 0.25) is 0 Å². The molecule has 2 N–H and O–H groups in total. The lowest BCUT2D eigenvalue weighted by Gasteiger charge is -2.11. The monoisotopic (exact) mass is 265 g/mol. The SMILES string of the molecule is Nc1c(-c2cccnc2)cc(F)cc1-c1cccnc1. The number of pyridine rings is 2. The van der Waals surface area contributed by atoms with Crippen molar-refractivity contribution in [3.05, 3.63) is 67.0 Å². The van der Waals surface area contributed by atoms with Crippen LogP contribution < -0.4 is 5.73 Å². The highest BCUT2D eigenvalue weighted by atomic mass is 19.1. The summed E-state index contributed by atoms with van der Waals surface area (Å²) in [5, 5.41) is 0. The summed E-state index contributed by atoms with van der Waals surface area (Å²) >= 11 is 0. The maximum absolute atomic E-state index is 13.9. The number of nitrogens with zero attached hydrogens (tertiary/aromatic N) is 2. The molecule has 0 aliphatic carbocycles. The van der Waals surface area contributed by atoms with Gasteiger partial charge in [-0.2, -0.15) is 0 Å². The fourth-order valence-corrected chi connectivity index (χ4v) is 2.14. The molecule has 3 nitrogen and oxygen atoms in total. The van der Waals surface area contributed by atoms with Crippen molar-refractivity contribution in [3.8, 4) is 22.3 Å². The highest BCUT2D eigenvalue weighted by Crippen LogP contribution is 2.35. The summed E-state index contributed by atoms with van der Waals surface area (Å²) in [6.07, 6.45) is 6.67.